The smallest absolute Gasteiger partial charge is 0.268 e. The molecule has 0 aliphatic heterocycles. The Labute approximate surface area is 109 Å². The fraction of sp³-hybridized carbons (Fsp3) is 0.308. The predicted octanol–water partition coefficient (Wildman–Crippen LogP) is 2.98. The van der Waals surface area contributed by atoms with E-state index in [4.69, 9.17) is 0 Å². The molecule has 0 aromatic carbocycles. The quantitative estimate of drug-likeness (QED) is 0.922. The van der Waals surface area contributed by atoms with Gasteiger partial charge in [0.05, 0.1) is 11.2 Å². The van der Waals surface area contributed by atoms with Gasteiger partial charge in [-0.2, -0.15) is 0 Å². The van der Waals surface area contributed by atoms with Gasteiger partial charge < -0.3 is 5.32 Å². The summed E-state index contributed by atoms with van der Waals surface area (Å²) in [7, 11) is 0. The fourth-order valence-corrected chi connectivity index (χ4v) is 2.68. The topological polar surface area (TPSA) is 54.9 Å². The monoisotopic (exact) mass is 259 g/mol. The summed E-state index contributed by atoms with van der Waals surface area (Å²) in [6.45, 7) is 1.97. The maximum absolute atomic E-state index is 12.0. The van der Waals surface area contributed by atoms with Crippen molar-refractivity contribution in [2.24, 2.45) is 0 Å². The number of anilines is 1. The average molecular weight is 259 g/mol. The van der Waals surface area contributed by atoms with Crippen LogP contribution in [0.2, 0.25) is 0 Å². The first-order valence-electron chi connectivity index (χ1n) is 5.92. The molecular weight excluding hydrogens is 246 g/mol. The van der Waals surface area contributed by atoms with Crippen molar-refractivity contribution in [1.82, 2.24) is 9.97 Å². The number of carbonyl (C=O) groups excluding carboxylic acids is 1. The molecule has 0 saturated heterocycles. The molecule has 0 atom stereocenters. The van der Waals surface area contributed by atoms with Gasteiger partial charge in [-0.25, -0.2) is 9.97 Å². The van der Waals surface area contributed by atoms with Crippen molar-refractivity contribution in [3.05, 3.63) is 40.0 Å². The summed E-state index contributed by atoms with van der Waals surface area (Å²) in [5.41, 5.74) is 1.07. The molecule has 1 aliphatic rings. The lowest BCUT2D eigenvalue weighted by Gasteiger charge is -2.02. The van der Waals surface area contributed by atoms with Crippen LogP contribution in [0.25, 0.3) is 0 Å². The van der Waals surface area contributed by atoms with Crippen LogP contribution in [-0.2, 0) is 0 Å². The molecule has 1 saturated carbocycles. The van der Waals surface area contributed by atoms with Gasteiger partial charge in [-0.3, -0.25) is 4.79 Å². The minimum atomic E-state index is -0.127. The molecule has 0 bridgehead atoms. The maximum atomic E-state index is 12.0. The average Bonchev–Trinajstić information content (AvgIpc) is 3.07. The van der Waals surface area contributed by atoms with E-state index < -0.39 is 0 Å². The number of rotatable bonds is 3. The highest BCUT2D eigenvalue weighted by atomic mass is 32.1. The first-order valence-corrected chi connectivity index (χ1v) is 6.74. The molecule has 2 heterocycles. The summed E-state index contributed by atoms with van der Waals surface area (Å²) in [6.07, 6.45) is 5.75. The zero-order valence-electron chi connectivity index (χ0n) is 10.0. The van der Waals surface area contributed by atoms with Gasteiger partial charge in [0.1, 0.15) is 10.7 Å². The molecule has 0 spiro atoms. The van der Waals surface area contributed by atoms with Crippen molar-refractivity contribution in [3.8, 4) is 0 Å². The normalized spacial score (nSPS) is 14.5. The van der Waals surface area contributed by atoms with Crippen LogP contribution >= 0.6 is 11.3 Å². The summed E-state index contributed by atoms with van der Waals surface area (Å²) in [6, 6.07) is 3.74. The van der Waals surface area contributed by atoms with E-state index in [9.17, 15) is 4.79 Å². The molecule has 5 heteroatoms. The van der Waals surface area contributed by atoms with Crippen molar-refractivity contribution >= 4 is 23.1 Å². The van der Waals surface area contributed by atoms with E-state index in [0.717, 1.165) is 10.6 Å². The summed E-state index contributed by atoms with van der Waals surface area (Å²) in [5, 5.41) is 3.87. The van der Waals surface area contributed by atoms with Crippen LogP contribution in [-0.4, -0.2) is 15.9 Å². The van der Waals surface area contributed by atoms with Gasteiger partial charge in [0.2, 0.25) is 0 Å². The van der Waals surface area contributed by atoms with E-state index in [0.29, 0.717) is 16.6 Å². The third-order valence-electron chi connectivity index (χ3n) is 2.83. The van der Waals surface area contributed by atoms with Crippen LogP contribution in [0.5, 0.6) is 0 Å². The lowest BCUT2D eigenvalue weighted by molar-refractivity contribution is 0.103. The lowest BCUT2D eigenvalue weighted by atomic mass is 10.3. The van der Waals surface area contributed by atoms with E-state index in [2.05, 4.69) is 15.3 Å². The SMILES string of the molecule is Cc1ccnc(NC(=O)c2cnc(C3CC3)s2)c1. The molecule has 0 radical (unpaired) electrons. The Bertz CT molecular complexity index is 589. The van der Waals surface area contributed by atoms with Gasteiger partial charge >= 0.3 is 0 Å². The maximum Gasteiger partial charge on any atom is 0.268 e. The molecule has 3 rings (SSSR count). The van der Waals surface area contributed by atoms with Crippen molar-refractivity contribution < 1.29 is 4.79 Å². The Kier molecular flexibility index (Phi) is 2.83. The molecule has 4 nitrogen and oxygen atoms in total. The minimum Gasteiger partial charge on any atom is -0.306 e. The van der Waals surface area contributed by atoms with Gasteiger partial charge in [0.15, 0.2) is 0 Å². The number of aryl methyl sites for hydroxylation is 1. The highest BCUT2D eigenvalue weighted by molar-refractivity contribution is 7.13. The zero-order chi connectivity index (χ0) is 12.5. The number of thiazole rings is 1. The first kappa shape index (κ1) is 11.3. The summed E-state index contributed by atoms with van der Waals surface area (Å²) >= 11 is 1.48. The highest BCUT2D eigenvalue weighted by Crippen LogP contribution is 2.41. The number of nitrogens with one attached hydrogen (secondary N) is 1. The number of nitrogens with zero attached hydrogens (tertiary/aromatic N) is 2. The summed E-state index contributed by atoms with van der Waals surface area (Å²) in [4.78, 5) is 21.1. The predicted molar refractivity (Wildman–Crippen MR) is 71.0 cm³/mol. The van der Waals surface area contributed by atoms with E-state index in [-0.39, 0.29) is 5.91 Å². The minimum absolute atomic E-state index is 0.127. The van der Waals surface area contributed by atoms with Gasteiger partial charge in [-0.15, -0.1) is 11.3 Å². The van der Waals surface area contributed by atoms with Crippen molar-refractivity contribution in [3.63, 3.8) is 0 Å². The highest BCUT2D eigenvalue weighted by Gasteiger charge is 2.27. The molecular formula is C13H13N3OS. The molecule has 1 N–H and O–H groups in total. The van der Waals surface area contributed by atoms with Gasteiger partial charge in [-0.1, -0.05) is 0 Å². The molecule has 18 heavy (non-hydrogen) atoms. The van der Waals surface area contributed by atoms with Crippen molar-refractivity contribution in [1.29, 1.82) is 0 Å². The zero-order valence-corrected chi connectivity index (χ0v) is 10.8. The van der Waals surface area contributed by atoms with E-state index in [1.165, 1.54) is 24.2 Å². The fourth-order valence-electron chi connectivity index (χ4n) is 1.69. The van der Waals surface area contributed by atoms with Crippen molar-refractivity contribution in [2.75, 3.05) is 5.32 Å². The van der Waals surface area contributed by atoms with Crippen LogP contribution < -0.4 is 5.32 Å². The number of carbonyl (C=O) groups is 1. The van der Waals surface area contributed by atoms with E-state index >= 15 is 0 Å². The standard InChI is InChI=1S/C13H13N3OS/c1-8-4-5-14-11(6-8)16-12(17)10-7-15-13(18-10)9-2-3-9/h4-7,9H,2-3H2,1H3,(H,14,16,17). The number of hydrogen-bond acceptors (Lipinski definition) is 4. The van der Waals surface area contributed by atoms with Crippen LogP contribution in [0, 0.1) is 6.92 Å². The van der Waals surface area contributed by atoms with Gasteiger partial charge in [0.25, 0.3) is 5.91 Å². The second-order valence-corrected chi connectivity index (χ2v) is 5.57. The Hall–Kier alpha value is -1.75. The Morgan fingerprint density at radius 1 is 1.44 bits per heavy atom. The molecule has 2 aromatic heterocycles. The van der Waals surface area contributed by atoms with Crippen LogP contribution in [0.1, 0.15) is 39.0 Å². The second kappa shape index (κ2) is 4.49. The molecule has 0 unspecified atom stereocenters. The van der Waals surface area contributed by atoms with Crippen LogP contribution in [0.15, 0.2) is 24.5 Å². The number of amides is 1. The largest absolute Gasteiger partial charge is 0.306 e. The van der Waals surface area contributed by atoms with Crippen molar-refractivity contribution in [2.45, 2.75) is 25.7 Å². The van der Waals surface area contributed by atoms with Crippen LogP contribution in [0.4, 0.5) is 5.82 Å². The molecule has 1 aliphatic carbocycles. The molecule has 2 aromatic rings. The number of hydrogen-bond donors (Lipinski definition) is 1. The number of pyridine rings is 1. The summed E-state index contributed by atoms with van der Waals surface area (Å²) in [5.74, 6) is 1.05. The summed E-state index contributed by atoms with van der Waals surface area (Å²) < 4.78 is 0. The number of aromatic nitrogens is 2. The molecule has 92 valence electrons. The van der Waals surface area contributed by atoms with Gasteiger partial charge in [0, 0.05) is 12.1 Å². The Morgan fingerprint density at radius 2 is 2.28 bits per heavy atom. The first-order chi connectivity index (χ1) is 8.72. The molecule has 1 fully saturated rings. The third-order valence-corrected chi connectivity index (χ3v) is 3.99. The van der Waals surface area contributed by atoms with E-state index in [1.54, 1.807) is 12.4 Å². The lowest BCUT2D eigenvalue weighted by Crippen LogP contribution is -2.11. The van der Waals surface area contributed by atoms with E-state index in [1.807, 2.05) is 19.1 Å². The van der Waals surface area contributed by atoms with Crippen LogP contribution in [0.3, 0.4) is 0 Å². The third kappa shape index (κ3) is 2.41. The molecule has 1 amide bonds. The Morgan fingerprint density at radius 3 is 3.00 bits per heavy atom. The van der Waals surface area contributed by atoms with Gasteiger partial charge in [-0.05, 0) is 37.5 Å². The Balaban J connectivity index is 1.73. The second-order valence-electron chi connectivity index (χ2n) is 4.51.